The molecule has 2 aliphatic carbocycles. The lowest BCUT2D eigenvalue weighted by Gasteiger charge is -2.24. The van der Waals surface area contributed by atoms with E-state index in [1.165, 1.54) is 37.7 Å². The van der Waals surface area contributed by atoms with Gasteiger partial charge in [0.2, 0.25) is 0 Å². The first-order chi connectivity index (χ1) is 17.2. The third-order valence-corrected chi connectivity index (χ3v) is 7.66. The first-order valence-electron chi connectivity index (χ1n) is 12.5. The first kappa shape index (κ1) is 22.4. The Kier molecular flexibility index (Phi) is 6.06. The Balaban J connectivity index is 1.22. The molecule has 5 nitrogen and oxygen atoms in total. The summed E-state index contributed by atoms with van der Waals surface area (Å²) in [6.07, 6.45) is 9.12. The quantitative estimate of drug-likeness (QED) is 0.211. The number of carbonyl (C=O) groups is 1. The second-order valence-corrected chi connectivity index (χ2v) is 10.6. The molecule has 0 amide bonds. The maximum Gasteiger partial charge on any atom is 0.314 e. The summed E-state index contributed by atoms with van der Waals surface area (Å²) in [6.45, 7) is 0. The largest absolute Gasteiger partial charge is 0.426 e. The Hall–Kier alpha value is -3.12. The molecule has 0 saturated heterocycles. The van der Waals surface area contributed by atoms with Crippen molar-refractivity contribution in [1.29, 1.82) is 0 Å². The van der Waals surface area contributed by atoms with E-state index >= 15 is 0 Å². The lowest BCUT2D eigenvalue weighted by Crippen LogP contribution is -2.23. The monoisotopic (exact) mass is 529 g/mol. The van der Waals surface area contributed by atoms with Crippen LogP contribution in [0.5, 0.6) is 5.75 Å². The molecule has 2 fully saturated rings. The van der Waals surface area contributed by atoms with E-state index in [1.807, 2.05) is 54.6 Å². The minimum Gasteiger partial charge on any atom is -0.426 e. The average molecular weight is 530 g/mol. The summed E-state index contributed by atoms with van der Waals surface area (Å²) in [5.41, 5.74) is 4.02. The van der Waals surface area contributed by atoms with E-state index < -0.39 is 0 Å². The zero-order chi connectivity index (χ0) is 23.8. The standard InChI is InChI=1S/C29H28BrN3O2/c30-21-13-16-26-32-27(28(33(26)18-21)31-22-9-5-2-6-10-22)20-11-14-23(15-12-20)35-29(34)25-17-24(25)19-7-3-1-4-8-19/h1,3-4,7-8,11-16,18,22,24-25,31H,2,5-6,9-10,17H2. The number of imidazole rings is 1. The lowest BCUT2D eigenvalue weighted by molar-refractivity contribution is -0.135. The SMILES string of the molecule is O=C(Oc1ccc(-c2nc3ccc(Br)cn3c2NC2CCCCC2)cc1)C1CC1c1ccccc1. The molecule has 35 heavy (non-hydrogen) atoms. The van der Waals surface area contributed by atoms with E-state index in [1.54, 1.807) is 0 Å². The number of hydrogen-bond acceptors (Lipinski definition) is 4. The van der Waals surface area contributed by atoms with Gasteiger partial charge >= 0.3 is 5.97 Å². The number of nitrogens with zero attached hydrogens (tertiary/aromatic N) is 2. The van der Waals surface area contributed by atoms with Crippen LogP contribution in [0.4, 0.5) is 5.82 Å². The molecule has 2 aromatic carbocycles. The number of ether oxygens (including phenoxy) is 1. The maximum absolute atomic E-state index is 12.7. The van der Waals surface area contributed by atoms with E-state index in [9.17, 15) is 4.79 Å². The van der Waals surface area contributed by atoms with Gasteiger partial charge in [-0.25, -0.2) is 4.98 Å². The van der Waals surface area contributed by atoms with Crippen LogP contribution in [-0.4, -0.2) is 21.4 Å². The molecular formula is C29H28BrN3O2. The van der Waals surface area contributed by atoms with Crippen LogP contribution in [0.2, 0.25) is 0 Å². The molecule has 178 valence electrons. The molecule has 0 aliphatic heterocycles. The number of anilines is 1. The highest BCUT2D eigenvalue weighted by molar-refractivity contribution is 9.10. The van der Waals surface area contributed by atoms with Crippen LogP contribution in [0.15, 0.2) is 77.4 Å². The van der Waals surface area contributed by atoms with Crippen molar-refractivity contribution in [3.05, 3.63) is 83.0 Å². The summed E-state index contributed by atoms with van der Waals surface area (Å²) in [7, 11) is 0. The third kappa shape index (κ3) is 4.72. The van der Waals surface area contributed by atoms with Gasteiger partial charge in [-0.05, 0) is 83.1 Å². The van der Waals surface area contributed by atoms with Crippen LogP contribution >= 0.6 is 15.9 Å². The summed E-state index contributed by atoms with van der Waals surface area (Å²) in [5.74, 6) is 1.66. The van der Waals surface area contributed by atoms with Crippen LogP contribution in [0.25, 0.3) is 16.9 Å². The second kappa shape index (κ2) is 9.50. The van der Waals surface area contributed by atoms with Crippen molar-refractivity contribution in [1.82, 2.24) is 9.38 Å². The number of rotatable bonds is 6. The molecule has 6 heteroatoms. The van der Waals surface area contributed by atoms with Crippen molar-refractivity contribution in [3.8, 4) is 17.0 Å². The number of pyridine rings is 1. The summed E-state index contributed by atoms with van der Waals surface area (Å²) < 4.78 is 8.86. The van der Waals surface area contributed by atoms with Gasteiger partial charge in [-0.1, -0.05) is 49.6 Å². The Morgan fingerprint density at radius 1 is 0.971 bits per heavy atom. The van der Waals surface area contributed by atoms with Crippen molar-refractivity contribution >= 4 is 33.4 Å². The molecule has 2 saturated carbocycles. The molecule has 4 aromatic rings. The van der Waals surface area contributed by atoms with Gasteiger partial charge in [-0.15, -0.1) is 0 Å². The smallest absolute Gasteiger partial charge is 0.314 e. The number of esters is 1. The fraction of sp³-hybridized carbons (Fsp3) is 0.310. The molecule has 6 rings (SSSR count). The molecular weight excluding hydrogens is 502 g/mol. The molecule has 2 aliphatic rings. The first-order valence-corrected chi connectivity index (χ1v) is 13.3. The number of fused-ring (bicyclic) bond motifs is 1. The van der Waals surface area contributed by atoms with Gasteiger partial charge in [-0.3, -0.25) is 9.20 Å². The third-order valence-electron chi connectivity index (χ3n) is 7.20. The molecule has 2 atom stereocenters. The summed E-state index contributed by atoms with van der Waals surface area (Å²) >= 11 is 3.60. The van der Waals surface area contributed by atoms with E-state index in [2.05, 4.69) is 44.0 Å². The van der Waals surface area contributed by atoms with Crippen molar-refractivity contribution in [3.63, 3.8) is 0 Å². The Morgan fingerprint density at radius 3 is 2.51 bits per heavy atom. The van der Waals surface area contributed by atoms with Gasteiger partial charge in [0.25, 0.3) is 0 Å². The zero-order valence-corrected chi connectivity index (χ0v) is 21.1. The van der Waals surface area contributed by atoms with Gasteiger partial charge < -0.3 is 10.1 Å². The highest BCUT2D eigenvalue weighted by atomic mass is 79.9. The number of carbonyl (C=O) groups excluding carboxylic acids is 1. The van der Waals surface area contributed by atoms with E-state index in [0.29, 0.717) is 11.8 Å². The van der Waals surface area contributed by atoms with Gasteiger partial charge in [0.1, 0.15) is 22.9 Å². The van der Waals surface area contributed by atoms with Crippen LogP contribution in [0, 0.1) is 5.92 Å². The van der Waals surface area contributed by atoms with Crippen LogP contribution in [0.3, 0.4) is 0 Å². The molecule has 0 spiro atoms. The van der Waals surface area contributed by atoms with Crippen molar-refractivity contribution in [2.45, 2.75) is 50.5 Å². The molecule has 2 aromatic heterocycles. The number of nitrogens with one attached hydrogen (secondary N) is 1. The number of benzene rings is 2. The molecule has 2 heterocycles. The molecule has 2 unspecified atom stereocenters. The van der Waals surface area contributed by atoms with Gasteiger partial charge in [-0.2, -0.15) is 0 Å². The van der Waals surface area contributed by atoms with Gasteiger partial charge in [0, 0.05) is 22.3 Å². The molecule has 0 radical (unpaired) electrons. The number of aromatic nitrogens is 2. The summed E-state index contributed by atoms with van der Waals surface area (Å²) in [5, 5.41) is 3.78. The molecule has 1 N–H and O–H groups in total. The highest BCUT2D eigenvalue weighted by Gasteiger charge is 2.45. The lowest BCUT2D eigenvalue weighted by atomic mass is 9.95. The minimum atomic E-state index is -0.149. The Bertz CT molecular complexity index is 1340. The van der Waals surface area contributed by atoms with Gasteiger partial charge in [0.15, 0.2) is 0 Å². The Morgan fingerprint density at radius 2 is 1.74 bits per heavy atom. The second-order valence-electron chi connectivity index (χ2n) is 9.67. The summed E-state index contributed by atoms with van der Waals surface area (Å²) in [4.78, 5) is 17.6. The average Bonchev–Trinajstić information content (AvgIpc) is 3.63. The van der Waals surface area contributed by atoms with E-state index in [4.69, 9.17) is 9.72 Å². The molecule has 0 bridgehead atoms. The predicted molar refractivity (Wildman–Crippen MR) is 142 cm³/mol. The topological polar surface area (TPSA) is 55.6 Å². The van der Waals surface area contributed by atoms with Crippen LogP contribution in [-0.2, 0) is 4.79 Å². The van der Waals surface area contributed by atoms with Crippen molar-refractivity contribution < 1.29 is 9.53 Å². The fourth-order valence-corrected chi connectivity index (χ4v) is 5.53. The Labute approximate surface area is 213 Å². The van der Waals surface area contributed by atoms with E-state index in [-0.39, 0.29) is 17.8 Å². The number of hydrogen-bond donors (Lipinski definition) is 1. The fourth-order valence-electron chi connectivity index (χ4n) is 5.20. The predicted octanol–water partition coefficient (Wildman–Crippen LogP) is 7.22. The normalized spacial score (nSPS) is 20.0. The van der Waals surface area contributed by atoms with Gasteiger partial charge in [0.05, 0.1) is 5.92 Å². The van der Waals surface area contributed by atoms with Crippen molar-refractivity contribution in [2.75, 3.05) is 5.32 Å². The minimum absolute atomic E-state index is 0.0553. The number of halogens is 1. The maximum atomic E-state index is 12.7. The van der Waals surface area contributed by atoms with Crippen LogP contribution < -0.4 is 10.1 Å². The zero-order valence-electron chi connectivity index (χ0n) is 19.5. The summed E-state index contributed by atoms with van der Waals surface area (Å²) in [6, 6.07) is 22.4. The van der Waals surface area contributed by atoms with Crippen LogP contribution in [0.1, 0.15) is 50.0 Å². The van der Waals surface area contributed by atoms with E-state index in [0.717, 1.165) is 33.6 Å². The van der Waals surface area contributed by atoms with Crippen molar-refractivity contribution in [2.24, 2.45) is 5.92 Å². The highest BCUT2D eigenvalue weighted by Crippen LogP contribution is 2.48.